The lowest BCUT2D eigenvalue weighted by Crippen LogP contribution is -2.14. The maximum atomic E-state index is 12.4. The first-order valence-electron chi connectivity index (χ1n) is 9.24. The molecule has 0 saturated carbocycles. The summed E-state index contributed by atoms with van der Waals surface area (Å²) in [5.74, 6) is 0.731. The number of nitrogens with zero attached hydrogens (tertiary/aromatic N) is 1. The molecule has 0 fully saturated rings. The molecule has 2 aromatic carbocycles. The highest BCUT2D eigenvalue weighted by Gasteiger charge is 2.15. The van der Waals surface area contributed by atoms with Crippen LogP contribution < -0.4 is 14.8 Å². The van der Waals surface area contributed by atoms with E-state index in [-0.39, 0.29) is 18.3 Å². The van der Waals surface area contributed by atoms with Crippen LogP contribution in [0.5, 0.6) is 11.5 Å². The number of carbonyl (C=O) groups excluding carboxylic acids is 2. The van der Waals surface area contributed by atoms with E-state index in [2.05, 4.69) is 5.32 Å². The van der Waals surface area contributed by atoms with Gasteiger partial charge in [0, 0.05) is 29.7 Å². The molecule has 29 heavy (non-hydrogen) atoms. The Kier molecular flexibility index (Phi) is 6.02. The number of ketones is 1. The zero-order valence-electron chi connectivity index (χ0n) is 17.0. The number of carbonyl (C=O) groups is 2. The smallest absolute Gasteiger partial charge is 0.259 e. The van der Waals surface area contributed by atoms with Crippen LogP contribution in [-0.4, -0.2) is 30.0 Å². The lowest BCUT2D eigenvalue weighted by molar-refractivity contribution is 0.0920. The summed E-state index contributed by atoms with van der Waals surface area (Å²) < 4.78 is 12.8. The minimum Gasteiger partial charge on any atom is -0.496 e. The fourth-order valence-corrected chi connectivity index (χ4v) is 3.03. The van der Waals surface area contributed by atoms with Crippen LogP contribution in [0.15, 0.2) is 54.6 Å². The molecular formula is C23H24N2O4. The normalized spacial score (nSPS) is 10.5. The van der Waals surface area contributed by atoms with E-state index in [9.17, 15) is 9.59 Å². The third kappa shape index (κ3) is 4.48. The fourth-order valence-electron chi connectivity index (χ4n) is 3.03. The molecule has 1 N–H and O–H groups in total. The summed E-state index contributed by atoms with van der Waals surface area (Å²) in [6, 6.07) is 15.8. The molecule has 6 heteroatoms. The van der Waals surface area contributed by atoms with E-state index in [1.54, 1.807) is 48.5 Å². The predicted molar refractivity (Wildman–Crippen MR) is 112 cm³/mol. The highest BCUT2D eigenvalue weighted by molar-refractivity contribution is 6.06. The molecule has 3 aromatic rings. The second kappa shape index (κ2) is 8.65. The lowest BCUT2D eigenvalue weighted by Gasteiger charge is -2.10. The van der Waals surface area contributed by atoms with Crippen LogP contribution in [0.4, 0.5) is 5.69 Å². The molecule has 1 heterocycles. The number of ether oxygens (including phenoxy) is 2. The Labute approximate surface area is 170 Å². The summed E-state index contributed by atoms with van der Waals surface area (Å²) in [6.07, 6.45) is 0. The van der Waals surface area contributed by atoms with Crippen molar-refractivity contribution in [2.75, 3.05) is 19.0 Å². The van der Waals surface area contributed by atoms with Gasteiger partial charge < -0.3 is 19.4 Å². The number of methoxy groups -OCH3 is 1. The van der Waals surface area contributed by atoms with Gasteiger partial charge in [-0.15, -0.1) is 0 Å². The average molecular weight is 392 g/mol. The number of rotatable bonds is 7. The predicted octanol–water partition coefficient (Wildman–Crippen LogP) is 4.16. The first-order chi connectivity index (χ1) is 13.9. The van der Waals surface area contributed by atoms with E-state index in [0.29, 0.717) is 28.3 Å². The van der Waals surface area contributed by atoms with Crippen molar-refractivity contribution >= 4 is 17.4 Å². The number of anilines is 1. The van der Waals surface area contributed by atoms with Crippen LogP contribution in [0, 0.1) is 13.8 Å². The number of hydrogen-bond donors (Lipinski definition) is 1. The number of benzene rings is 2. The van der Waals surface area contributed by atoms with E-state index in [4.69, 9.17) is 9.47 Å². The van der Waals surface area contributed by atoms with Gasteiger partial charge in [0.15, 0.2) is 6.61 Å². The molecule has 0 saturated heterocycles. The van der Waals surface area contributed by atoms with Gasteiger partial charge in [0.05, 0.1) is 12.7 Å². The Morgan fingerprint density at radius 2 is 1.69 bits per heavy atom. The molecule has 1 aromatic heterocycles. The van der Waals surface area contributed by atoms with Gasteiger partial charge in [0.1, 0.15) is 11.5 Å². The van der Waals surface area contributed by atoms with E-state index < -0.39 is 0 Å². The third-order valence-corrected chi connectivity index (χ3v) is 4.91. The van der Waals surface area contributed by atoms with Gasteiger partial charge in [-0.2, -0.15) is 0 Å². The zero-order valence-corrected chi connectivity index (χ0v) is 17.0. The Morgan fingerprint density at radius 1 is 1.00 bits per heavy atom. The van der Waals surface area contributed by atoms with Gasteiger partial charge >= 0.3 is 0 Å². The van der Waals surface area contributed by atoms with Crippen molar-refractivity contribution in [3.05, 3.63) is 77.1 Å². The highest BCUT2D eigenvalue weighted by atomic mass is 16.5. The van der Waals surface area contributed by atoms with Crippen LogP contribution in [-0.2, 0) is 7.05 Å². The number of aryl methyl sites for hydroxylation is 1. The third-order valence-electron chi connectivity index (χ3n) is 4.91. The summed E-state index contributed by atoms with van der Waals surface area (Å²) in [7, 11) is 3.46. The second-order valence-corrected chi connectivity index (χ2v) is 6.73. The highest BCUT2D eigenvalue weighted by Crippen LogP contribution is 2.21. The van der Waals surface area contributed by atoms with Gasteiger partial charge in [-0.3, -0.25) is 9.59 Å². The summed E-state index contributed by atoms with van der Waals surface area (Å²) in [6.45, 7) is 3.83. The summed E-state index contributed by atoms with van der Waals surface area (Å²) in [5, 5.41) is 2.82. The van der Waals surface area contributed by atoms with E-state index in [1.807, 2.05) is 31.5 Å². The lowest BCUT2D eigenvalue weighted by atomic mass is 10.1. The van der Waals surface area contributed by atoms with Gasteiger partial charge in [0.25, 0.3) is 5.91 Å². The van der Waals surface area contributed by atoms with Crippen molar-refractivity contribution in [2.45, 2.75) is 13.8 Å². The number of Topliss-reactive ketones (excluding diaryl/α,β-unsaturated/α-hetero) is 1. The van der Waals surface area contributed by atoms with Crippen LogP contribution in [0.3, 0.4) is 0 Å². The first-order valence-corrected chi connectivity index (χ1v) is 9.24. The van der Waals surface area contributed by atoms with Crippen molar-refractivity contribution in [2.24, 2.45) is 7.05 Å². The zero-order chi connectivity index (χ0) is 21.0. The molecule has 0 atom stereocenters. The van der Waals surface area contributed by atoms with Crippen molar-refractivity contribution < 1.29 is 19.1 Å². The van der Waals surface area contributed by atoms with Crippen molar-refractivity contribution in [3.8, 4) is 11.5 Å². The van der Waals surface area contributed by atoms with Crippen molar-refractivity contribution in [1.82, 2.24) is 4.57 Å². The summed E-state index contributed by atoms with van der Waals surface area (Å²) in [5.41, 5.74) is 3.70. The number of amides is 1. The molecular weight excluding hydrogens is 368 g/mol. The SMILES string of the molecule is COc1ccccc1C(=O)Nc1ccc(OCC(=O)c2cc(C)n(C)c2C)cc1. The molecule has 150 valence electrons. The van der Waals surface area contributed by atoms with E-state index >= 15 is 0 Å². The molecule has 0 spiro atoms. The Morgan fingerprint density at radius 3 is 2.31 bits per heavy atom. The van der Waals surface area contributed by atoms with Gasteiger partial charge in [-0.1, -0.05) is 12.1 Å². The molecule has 0 radical (unpaired) electrons. The maximum absolute atomic E-state index is 12.4. The Hall–Kier alpha value is -3.54. The Bertz CT molecular complexity index is 1040. The first kappa shape index (κ1) is 20.2. The van der Waals surface area contributed by atoms with Crippen molar-refractivity contribution in [3.63, 3.8) is 0 Å². The maximum Gasteiger partial charge on any atom is 0.259 e. The summed E-state index contributed by atoms with van der Waals surface area (Å²) >= 11 is 0. The molecule has 1 amide bonds. The Balaban J connectivity index is 1.61. The standard InChI is InChI=1S/C23H24N2O4/c1-15-13-20(16(2)25(15)3)21(26)14-29-18-11-9-17(10-12-18)24-23(27)19-7-5-6-8-22(19)28-4/h5-13H,14H2,1-4H3,(H,24,27). The minimum absolute atomic E-state index is 0.0444. The van der Waals surface area contributed by atoms with Gasteiger partial charge in [-0.25, -0.2) is 0 Å². The largest absolute Gasteiger partial charge is 0.496 e. The van der Waals surface area contributed by atoms with Gasteiger partial charge in [-0.05, 0) is 56.3 Å². The monoisotopic (exact) mass is 392 g/mol. The average Bonchev–Trinajstić information content (AvgIpc) is 3.00. The van der Waals surface area contributed by atoms with Gasteiger partial charge in [0.2, 0.25) is 5.78 Å². The number of para-hydroxylation sites is 1. The second-order valence-electron chi connectivity index (χ2n) is 6.73. The quantitative estimate of drug-likeness (QED) is 0.613. The molecule has 0 aliphatic carbocycles. The van der Waals surface area contributed by atoms with E-state index in [1.165, 1.54) is 7.11 Å². The molecule has 0 aliphatic rings. The number of nitrogens with one attached hydrogen (secondary N) is 1. The molecule has 6 nitrogen and oxygen atoms in total. The van der Waals surface area contributed by atoms with Crippen LogP contribution in [0.1, 0.15) is 32.1 Å². The van der Waals surface area contributed by atoms with Crippen LogP contribution in [0.2, 0.25) is 0 Å². The summed E-state index contributed by atoms with van der Waals surface area (Å²) in [4.78, 5) is 24.9. The minimum atomic E-state index is -0.263. The molecule has 0 unspecified atom stereocenters. The molecule has 3 rings (SSSR count). The molecule has 0 bridgehead atoms. The van der Waals surface area contributed by atoms with E-state index in [0.717, 1.165) is 11.4 Å². The van der Waals surface area contributed by atoms with Crippen molar-refractivity contribution in [1.29, 1.82) is 0 Å². The fraction of sp³-hybridized carbons (Fsp3) is 0.217. The number of hydrogen-bond acceptors (Lipinski definition) is 4. The number of aromatic nitrogens is 1. The van der Waals surface area contributed by atoms with Crippen LogP contribution in [0.25, 0.3) is 0 Å². The molecule has 0 aliphatic heterocycles. The van der Waals surface area contributed by atoms with Crippen LogP contribution >= 0.6 is 0 Å². The topological polar surface area (TPSA) is 69.6 Å².